The van der Waals surface area contributed by atoms with Crippen LogP contribution in [0.25, 0.3) is 16.9 Å². The number of nitrogens with zero attached hydrogens (tertiary/aromatic N) is 2. The second-order valence-electron chi connectivity index (χ2n) is 7.47. The van der Waals surface area contributed by atoms with Crippen LogP contribution in [0.15, 0.2) is 79.0 Å². The van der Waals surface area contributed by atoms with Crippen molar-refractivity contribution >= 4 is 23.5 Å². The lowest BCUT2D eigenvalue weighted by molar-refractivity contribution is -0.142. The Hall–Kier alpha value is -4.13. The van der Waals surface area contributed by atoms with Gasteiger partial charge in [0.05, 0.1) is 7.11 Å². The standard InChI is InChI=1S/C25H24N4O3/c1-17-11-13-19(14-12-17)22-23(29-15-7-6-10-21(29)27-22)28-25(31)26-20(24(30)32-2)16-18-8-4-3-5-9-18/h3-15,20H,16H2,1-2H3,(H2,26,28,31)/t20-/m0/s1. The molecule has 0 spiro atoms. The van der Waals surface area contributed by atoms with Crippen molar-refractivity contribution in [3.8, 4) is 11.3 Å². The Kier molecular flexibility index (Phi) is 6.17. The lowest BCUT2D eigenvalue weighted by Gasteiger charge is -2.17. The van der Waals surface area contributed by atoms with E-state index in [1.807, 2.05) is 85.9 Å². The quantitative estimate of drug-likeness (QED) is 0.451. The maximum atomic E-state index is 12.9. The zero-order valence-corrected chi connectivity index (χ0v) is 17.9. The molecule has 0 unspecified atom stereocenters. The number of carbonyl (C=O) groups is 2. The normalized spacial score (nSPS) is 11.7. The van der Waals surface area contributed by atoms with Crippen LogP contribution < -0.4 is 10.6 Å². The van der Waals surface area contributed by atoms with Gasteiger partial charge < -0.3 is 10.1 Å². The van der Waals surface area contributed by atoms with Crippen LogP contribution in [-0.2, 0) is 16.0 Å². The minimum atomic E-state index is -0.829. The van der Waals surface area contributed by atoms with E-state index < -0.39 is 18.0 Å². The van der Waals surface area contributed by atoms with Crippen LogP contribution in [0.1, 0.15) is 11.1 Å². The zero-order chi connectivity index (χ0) is 22.5. The van der Waals surface area contributed by atoms with Crippen LogP contribution in [-0.4, -0.2) is 34.5 Å². The molecule has 4 aromatic rings. The Morgan fingerprint density at radius 3 is 2.44 bits per heavy atom. The Morgan fingerprint density at radius 2 is 1.72 bits per heavy atom. The van der Waals surface area contributed by atoms with Crippen molar-refractivity contribution < 1.29 is 14.3 Å². The number of urea groups is 1. The number of esters is 1. The molecule has 7 nitrogen and oxygen atoms in total. The Morgan fingerprint density at radius 1 is 1.00 bits per heavy atom. The first-order valence-electron chi connectivity index (χ1n) is 10.3. The average molecular weight is 428 g/mol. The van der Waals surface area contributed by atoms with Gasteiger partial charge in [-0.1, -0.05) is 66.2 Å². The minimum Gasteiger partial charge on any atom is -0.467 e. The van der Waals surface area contributed by atoms with Crippen molar-refractivity contribution in [3.63, 3.8) is 0 Å². The van der Waals surface area contributed by atoms with Gasteiger partial charge in [-0.05, 0) is 24.6 Å². The predicted octanol–water partition coefficient (Wildman–Crippen LogP) is 4.22. The van der Waals surface area contributed by atoms with Crippen molar-refractivity contribution in [2.45, 2.75) is 19.4 Å². The molecular formula is C25H24N4O3. The summed E-state index contributed by atoms with van der Waals surface area (Å²) in [5.41, 5.74) is 4.27. The number of imidazole rings is 1. The topological polar surface area (TPSA) is 84.7 Å². The Balaban J connectivity index is 1.61. The molecular weight excluding hydrogens is 404 g/mol. The van der Waals surface area contributed by atoms with Gasteiger partial charge in [-0.3, -0.25) is 9.72 Å². The summed E-state index contributed by atoms with van der Waals surface area (Å²) in [6, 6.07) is 21.7. The van der Waals surface area contributed by atoms with Crippen molar-refractivity contribution in [2.75, 3.05) is 12.4 Å². The van der Waals surface area contributed by atoms with Gasteiger partial charge in [0.1, 0.15) is 23.2 Å². The molecule has 0 fully saturated rings. The number of anilines is 1. The fraction of sp³-hybridized carbons (Fsp3) is 0.160. The molecule has 0 saturated heterocycles. The number of carbonyl (C=O) groups excluding carboxylic acids is 2. The molecule has 0 aliphatic heterocycles. The third-order valence-corrected chi connectivity index (χ3v) is 5.16. The van der Waals surface area contributed by atoms with E-state index in [-0.39, 0.29) is 0 Å². The second-order valence-corrected chi connectivity index (χ2v) is 7.47. The summed E-state index contributed by atoms with van der Waals surface area (Å²) in [7, 11) is 1.31. The van der Waals surface area contributed by atoms with Crippen molar-refractivity contribution in [1.29, 1.82) is 0 Å². The van der Waals surface area contributed by atoms with E-state index in [2.05, 4.69) is 10.6 Å². The minimum absolute atomic E-state index is 0.318. The van der Waals surface area contributed by atoms with Crippen LogP contribution in [0.4, 0.5) is 10.6 Å². The number of fused-ring (bicyclic) bond motifs is 1. The van der Waals surface area contributed by atoms with Gasteiger partial charge in [-0.25, -0.2) is 14.6 Å². The first-order valence-corrected chi connectivity index (χ1v) is 10.3. The fourth-order valence-electron chi connectivity index (χ4n) is 3.52. The highest BCUT2D eigenvalue weighted by molar-refractivity contribution is 5.95. The van der Waals surface area contributed by atoms with Crippen LogP contribution in [0.2, 0.25) is 0 Å². The molecule has 2 heterocycles. The van der Waals surface area contributed by atoms with Crippen molar-refractivity contribution in [3.05, 3.63) is 90.1 Å². The third kappa shape index (κ3) is 4.62. The second kappa shape index (κ2) is 9.34. The van der Waals surface area contributed by atoms with E-state index >= 15 is 0 Å². The van der Waals surface area contributed by atoms with Crippen molar-refractivity contribution in [1.82, 2.24) is 14.7 Å². The predicted molar refractivity (Wildman–Crippen MR) is 123 cm³/mol. The monoisotopic (exact) mass is 428 g/mol. The number of hydrogen-bond donors (Lipinski definition) is 2. The summed E-state index contributed by atoms with van der Waals surface area (Å²) >= 11 is 0. The van der Waals surface area contributed by atoms with Gasteiger partial charge in [0.2, 0.25) is 0 Å². The number of ether oxygens (including phenoxy) is 1. The fourth-order valence-corrected chi connectivity index (χ4v) is 3.52. The number of nitrogens with one attached hydrogen (secondary N) is 2. The highest BCUT2D eigenvalue weighted by Gasteiger charge is 2.23. The molecule has 2 aromatic carbocycles. The third-order valence-electron chi connectivity index (χ3n) is 5.16. The van der Waals surface area contributed by atoms with Gasteiger partial charge in [-0.15, -0.1) is 0 Å². The molecule has 0 aliphatic rings. The largest absolute Gasteiger partial charge is 0.467 e. The number of rotatable bonds is 6. The van der Waals surface area contributed by atoms with Gasteiger partial charge in [0.25, 0.3) is 0 Å². The number of hydrogen-bond acceptors (Lipinski definition) is 4. The van der Waals surface area contributed by atoms with E-state index in [0.717, 1.165) is 16.7 Å². The SMILES string of the molecule is COC(=O)[C@H](Cc1ccccc1)NC(=O)Nc1c(-c2ccc(C)cc2)nc2ccccn12. The number of amides is 2. The molecule has 32 heavy (non-hydrogen) atoms. The molecule has 2 aromatic heterocycles. The van der Waals surface area contributed by atoms with E-state index in [4.69, 9.17) is 9.72 Å². The van der Waals surface area contributed by atoms with Gasteiger partial charge >= 0.3 is 12.0 Å². The molecule has 1 atom stereocenters. The van der Waals surface area contributed by atoms with Crippen LogP contribution >= 0.6 is 0 Å². The highest BCUT2D eigenvalue weighted by Crippen LogP contribution is 2.29. The Bertz CT molecular complexity index is 1230. The molecule has 162 valence electrons. The lowest BCUT2D eigenvalue weighted by Crippen LogP contribution is -2.45. The maximum absolute atomic E-state index is 12.9. The lowest BCUT2D eigenvalue weighted by atomic mass is 10.1. The molecule has 0 aliphatic carbocycles. The highest BCUT2D eigenvalue weighted by atomic mass is 16.5. The van der Waals surface area contributed by atoms with Crippen LogP contribution in [0, 0.1) is 6.92 Å². The number of methoxy groups -OCH3 is 1. The molecule has 0 radical (unpaired) electrons. The van der Waals surface area contributed by atoms with Gasteiger partial charge in [0, 0.05) is 18.2 Å². The summed E-state index contributed by atoms with van der Waals surface area (Å²) < 4.78 is 6.70. The average Bonchev–Trinajstić information content (AvgIpc) is 3.17. The van der Waals surface area contributed by atoms with Gasteiger partial charge in [-0.2, -0.15) is 0 Å². The summed E-state index contributed by atoms with van der Waals surface area (Å²) in [6.07, 6.45) is 2.15. The van der Waals surface area contributed by atoms with E-state index in [9.17, 15) is 9.59 Å². The molecule has 7 heteroatoms. The smallest absolute Gasteiger partial charge is 0.328 e. The maximum Gasteiger partial charge on any atom is 0.328 e. The molecule has 2 amide bonds. The van der Waals surface area contributed by atoms with Crippen LogP contribution in [0.5, 0.6) is 0 Å². The summed E-state index contributed by atoms with van der Waals surface area (Å²) in [4.78, 5) is 29.9. The molecule has 4 rings (SSSR count). The molecule has 0 bridgehead atoms. The van der Waals surface area contributed by atoms with Gasteiger partial charge in [0.15, 0.2) is 0 Å². The van der Waals surface area contributed by atoms with Crippen molar-refractivity contribution in [2.24, 2.45) is 0 Å². The Labute approximate surface area is 186 Å². The number of pyridine rings is 1. The summed E-state index contributed by atoms with van der Waals surface area (Å²) in [6.45, 7) is 2.01. The molecule has 2 N–H and O–H groups in total. The summed E-state index contributed by atoms with van der Waals surface area (Å²) in [5.74, 6) is 0.00573. The van der Waals surface area contributed by atoms with E-state index in [1.165, 1.54) is 7.11 Å². The number of aromatic nitrogens is 2. The summed E-state index contributed by atoms with van der Waals surface area (Å²) in [5, 5.41) is 5.63. The molecule has 0 saturated carbocycles. The number of benzene rings is 2. The first-order chi connectivity index (χ1) is 15.5. The van der Waals surface area contributed by atoms with E-state index in [1.54, 1.807) is 4.40 Å². The zero-order valence-electron chi connectivity index (χ0n) is 17.9. The van der Waals surface area contributed by atoms with Crippen LogP contribution in [0.3, 0.4) is 0 Å². The van der Waals surface area contributed by atoms with E-state index in [0.29, 0.717) is 23.6 Å². The first kappa shape index (κ1) is 21.1. The number of aryl methyl sites for hydroxylation is 1.